The molecule has 0 aromatic carbocycles. The molecule has 0 fully saturated rings. The standard InChI is InChI=1S/C30H30N6S.C27H26N4S.C2H6/c1-6-8-24(28-9-7-10-37-28)25-14-27(34-20(25)5)29-26-13-22(16-32-30(26)36-35-29)21-12-23(17-31-15-21)33-19(4)11-18(2)3;1-6-10-17(4)20(8-3)19-14-23-26(30-31-27(23)28-16-19)24-15-22(18(5)29-24)21(11-7-2)25-12-9-13-32-25;1-2/h6-10,12-18,33-34H,1,4,11H2,2-3,5H3,(H,32,35,36);6-16,29H,1-2H2,3-5H3,(H,28,30,31);1-2H3/b24-8+;17-10-,20-8+,21-11+;. The zero-order valence-electron chi connectivity index (χ0n) is 41.9. The number of pyridine rings is 3. The van der Waals surface area contributed by atoms with E-state index in [1.807, 2.05) is 63.8 Å². The maximum absolute atomic E-state index is 4.62. The van der Waals surface area contributed by atoms with Gasteiger partial charge < -0.3 is 15.3 Å². The van der Waals surface area contributed by atoms with Crippen LogP contribution in [0.4, 0.5) is 5.69 Å². The SMILES string of the molecule is C=C/C=C(/c1cccs1)c1cc(-c2[nH]nc3ncc(-c4cncc(NC(=C)CC(C)C)c4)cc23)[nH]c1C.C=C/C=C(C)\C(=C/C)c1cnc2n[nH]c(-c3cc(/C(=C\C=C)c4cccs4)c(C)[nH]3)c2c1.CC. The van der Waals surface area contributed by atoms with Crippen LogP contribution < -0.4 is 5.32 Å². The van der Waals surface area contributed by atoms with Crippen LogP contribution in [0.1, 0.15) is 85.8 Å². The molecular formula is C59H62N10S2. The van der Waals surface area contributed by atoms with Crippen molar-refractivity contribution >= 4 is 67.1 Å². The fourth-order valence-electron chi connectivity index (χ4n) is 8.47. The van der Waals surface area contributed by atoms with Crippen molar-refractivity contribution in [2.24, 2.45) is 5.92 Å². The molecule has 0 radical (unpaired) electrons. The summed E-state index contributed by atoms with van der Waals surface area (Å²) in [6.07, 6.45) is 22.0. The third-order valence-corrected chi connectivity index (χ3v) is 13.4. The minimum atomic E-state index is 0.535. The summed E-state index contributed by atoms with van der Waals surface area (Å²) >= 11 is 3.43. The molecule has 0 atom stereocenters. The Morgan fingerprint density at radius 1 is 0.704 bits per heavy atom. The summed E-state index contributed by atoms with van der Waals surface area (Å²) in [5, 5.41) is 24.8. The molecule has 12 heteroatoms. The Kier molecular flexibility index (Phi) is 16.9. The Morgan fingerprint density at radius 2 is 1.24 bits per heavy atom. The molecule has 0 saturated carbocycles. The first-order valence-corrected chi connectivity index (χ1v) is 25.4. The van der Waals surface area contributed by atoms with Gasteiger partial charge in [0.25, 0.3) is 0 Å². The van der Waals surface area contributed by atoms with E-state index in [0.29, 0.717) is 17.2 Å². The van der Waals surface area contributed by atoms with Crippen molar-refractivity contribution < 1.29 is 0 Å². The molecule has 5 N–H and O–H groups in total. The Bertz CT molecular complexity index is 3430. The second-order valence-electron chi connectivity index (χ2n) is 17.0. The van der Waals surface area contributed by atoms with Gasteiger partial charge in [0.1, 0.15) is 0 Å². The van der Waals surface area contributed by atoms with Gasteiger partial charge in [-0.05, 0) is 104 Å². The second kappa shape index (κ2) is 23.6. The number of aromatic nitrogens is 9. The lowest BCUT2D eigenvalue weighted by molar-refractivity contribution is 0.645. The Balaban J connectivity index is 0.000000204. The highest BCUT2D eigenvalue weighted by Gasteiger charge is 2.19. The molecule has 10 nitrogen and oxygen atoms in total. The molecule has 0 unspecified atom stereocenters. The summed E-state index contributed by atoms with van der Waals surface area (Å²) < 4.78 is 0. The number of nitrogens with one attached hydrogen (secondary N) is 5. The van der Waals surface area contributed by atoms with E-state index in [9.17, 15) is 0 Å². The number of thiophene rings is 2. The number of fused-ring (bicyclic) bond motifs is 2. The first-order valence-electron chi connectivity index (χ1n) is 23.7. The van der Waals surface area contributed by atoms with Crippen molar-refractivity contribution in [2.45, 2.75) is 61.8 Å². The molecule has 0 aliphatic carbocycles. The van der Waals surface area contributed by atoms with Gasteiger partial charge in [0.05, 0.1) is 34.7 Å². The molecule has 0 amide bonds. The van der Waals surface area contributed by atoms with Gasteiger partial charge in [-0.2, -0.15) is 10.2 Å². The molecule has 360 valence electrons. The van der Waals surface area contributed by atoms with E-state index in [1.165, 1.54) is 9.75 Å². The molecule has 0 spiro atoms. The topological polar surface area (TPSA) is 140 Å². The Labute approximate surface area is 425 Å². The predicted octanol–water partition coefficient (Wildman–Crippen LogP) is 16.5. The highest BCUT2D eigenvalue weighted by Crippen LogP contribution is 2.37. The summed E-state index contributed by atoms with van der Waals surface area (Å²) in [4.78, 5) is 23.2. The van der Waals surface area contributed by atoms with Gasteiger partial charge in [-0.25, -0.2) is 9.97 Å². The zero-order valence-corrected chi connectivity index (χ0v) is 43.5. The van der Waals surface area contributed by atoms with E-state index in [-0.39, 0.29) is 0 Å². The van der Waals surface area contributed by atoms with Gasteiger partial charge in [-0.1, -0.05) is 109 Å². The van der Waals surface area contributed by atoms with Crippen molar-refractivity contribution in [3.63, 3.8) is 0 Å². The maximum Gasteiger partial charge on any atom is 0.181 e. The predicted molar refractivity (Wildman–Crippen MR) is 304 cm³/mol. The van der Waals surface area contributed by atoms with Gasteiger partial charge in [0.2, 0.25) is 0 Å². The molecule has 9 aromatic rings. The van der Waals surface area contributed by atoms with Gasteiger partial charge in [-0.15, -0.1) is 22.7 Å². The third-order valence-electron chi connectivity index (χ3n) is 11.5. The van der Waals surface area contributed by atoms with E-state index in [0.717, 1.165) is 113 Å². The van der Waals surface area contributed by atoms with E-state index < -0.39 is 0 Å². The van der Waals surface area contributed by atoms with Crippen LogP contribution >= 0.6 is 22.7 Å². The molecule has 0 aliphatic rings. The molecule has 9 aromatic heterocycles. The van der Waals surface area contributed by atoms with Gasteiger partial charge in [-0.3, -0.25) is 15.2 Å². The Hall–Kier alpha value is -7.93. The van der Waals surface area contributed by atoms with E-state index >= 15 is 0 Å². The highest BCUT2D eigenvalue weighted by atomic mass is 32.1. The quantitative estimate of drug-likeness (QED) is 0.0611. The van der Waals surface area contributed by atoms with Crippen LogP contribution in [0.3, 0.4) is 0 Å². The smallest absolute Gasteiger partial charge is 0.181 e. The summed E-state index contributed by atoms with van der Waals surface area (Å²) in [5.41, 5.74) is 19.0. The number of nitrogens with zero attached hydrogens (tertiary/aromatic N) is 5. The number of H-pyrrole nitrogens is 4. The van der Waals surface area contributed by atoms with E-state index in [4.69, 9.17) is 0 Å². The zero-order chi connectivity index (χ0) is 50.6. The Morgan fingerprint density at radius 3 is 1.75 bits per heavy atom. The van der Waals surface area contributed by atoms with Crippen molar-refractivity contribution in [3.8, 4) is 33.9 Å². The second-order valence-corrected chi connectivity index (χ2v) is 18.9. The molecular weight excluding hydrogens is 913 g/mol. The number of rotatable bonds is 16. The summed E-state index contributed by atoms with van der Waals surface area (Å²) in [6, 6.07) is 19.1. The number of anilines is 1. The fourth-order valence-corrected chi connectivity index (χ4v) is 10.0. The number of hydrogen-bond donors (Lipinski definition) is 5. The van der Waals surface area contributed by atoms with E-state index in [1.54, 1.807) is 28.7 Å². The van der Waals surface area contributed by atoms with Gasteiger partial charge in [0.15, 0.2) is 11.3 Å². The minimum absolute atomic E-state index is 0.535. The van der Waals surface area contributed by atoms with Crippen molar-refractivity contribution in [2.75, 3.05) is 5.32 Å². The molecule has 0 bridgehead atoms. The highest BCUT2D eigenvalue weighted by molar-refractivity contribution is 7.11. The van der Waals surface area contributed by atoms with Crippen LogP contribution in [0.5, 0.6) is 0 Å². The first kappa shape index (κ1) is 50.9. The van der Waals surface area contributed by atoms with Crippen molar-refractivity contribution in [1.82, 2.24) is 45.3 Å². The summed E-state index contributed by atoms with van der Waals surface area (Å²) in [6.45, 7) is 32.4. The molecule has 0 saturated heterocycles. The average molecular weight is 975 g/mol. The fraction of sp³-hybridized carbons (Fsp3) is 0.169. The molecule has 9 rings (SSSR count). The minimum Gasteiger partial charge on any atom is -0.358 e. The number of hydrogen-bond acceptors (Lipinski definition) is 8. The average Bonchev–Trinajstić information content (AvgIpc) is 4.24. The summed E-state index contributed by atoms with van der Waals surface area (Å²) in [7, 11) is 0. The lowest BCUT2D eigenvalue weighted by atomic mass is 9.98. The largest absolute Gasteiger partial charge is 0.358 e. The first-order chi connectivity index (χ1) is 34.5. The van der Waals surface area contributed by atoms with Crippen LogP contribution in [-0.4, -0.2) is 45.3 Å². The van der Waals surface area contributed by atoms with Crippen molar-refractivity contribution in [3.05, 3.63) is 208 Å². The van der Waals surface area contributed by atoms with Crippen LogP contribution in [0.15, 0.2) is 170 Å². The monoisotopic (exact) mass is 974 g/mol. The normalized spacial score (nSPS) is 12.1. The number of aromatic amines is 4. The van der Waals surface area contributed by atoms with Crippen molar-refractivity contribution in [1.29, 1.82) is 0 Å². The van der Waals surface area contributed by atoms with Gasteiger partial charge >= 0.3 is 0 Å². The number of allylic oxidation sites excluding steroid dienone is 10. The van der Waals surface area contributed by atoms with E-state index in [2.05, 4.69) is 195 Å². The molecule has 0 aliphatic heterocycles. The lowest BCUT2D eigenvalue weighted by Crippen LogP contribution is -2.02. The van der Waals surface area contributed by atoms with Crippen LogP contribution in [0, 0.1) is 19.8 Å². The van der Waals surface area contributed by atoms with Crippen LogP contribution in [-0.2, 0) is 0 Å². The lowest BCUT2D eigenvalue weighted by Gasteiger charge is -2.12. The third kappa shape index (κ3) is 11.6. The number of aryl methyl sites for hydroxylation is 2. The maximum atomic E-state index is 4.62. The van der Waals surface area contributed by atoms with Gasteiger partial charge in [0, 0.05) is 95.2 Å². The van der Waals surface area contributed by atoms with Crippen LogP contribution in [0.25, 0.3) is 72.7 Å². The summed E-state index contributed by atoms with van der Waals surface area (Å²) in [5.74, 6) is 0.535. The van der Waals surface area contributed by atoms with Crippen LogP contribution in [0.2, 0.25) is 0 Å². The molecule has 71 heavy (non-hydrogen) atoms. The molecule has 9 heterocycles.